The van der Waals surface area contributed by atoms with Crippen LogP contribution in [0.15, 0.2) is 0 Å². The van der Waals surface area contributed by atoms with Gasteiger partial charge in [-0.15, -0.1) is 0 Å². The Kier molecular flexibility index (Phi) is 3.52. The summed E-state index contributed by atoms with van der Waals surface area (Å²) in [5.41, 5.74) is -0.842. The molecule has 80 valence electrons. The highest BCUT2D eigenvalue weighted by atomic mass is 16.5. The van der Waals surface area contributed by atoms with E-state index in [1.54, 1.807) is 11.6 Å². The molecule has 0 aromatic carbocycles. The van der Waals surface area contributed by atoms with Crippen molar-refractivity contribution in [3.05, 3.63) is 0 Å². The van der Waals surface area contributed by atoms with Crippen molar-refractivity contribution < 1.29 is 19.7 Å². The van der Waals surface area contributed by atoms with Crippen LogP contribution in [0.5, 0.6) is 0 Å². The molecule has 1 heterocycles. The first-order valence-corrected chi connectivity index (χ1v) is 4.67. The van der Waals surface area contributed by atoms with Gasteiger partial charge in [0.05, 0.1) is 13.7 Å². The van der Waals surface area contributed by atoms with Gasteiger partial charge in [0.15, 0.2) is 0 Å². The average Bonchev–Trinajstić information content (AvgIpc) is 2.62. The molecule has 0 aromatic heterocycles. The molecule has 0 aromatic rings. The summed E-state index contributed by atoms with van der Waals surface area (Å²) < 4.78 is 4.65. The van der Waals surface area contributed by atoms with Gasteiger partial charge in [0, 0.05) is 6.54 Å². The lowest BCUT2D eigenvalue weighted by Crippen LogP contribution is -2.42. The highest BCUT2D eigenvalue weighted by Gasteiger charge is 2.46. The molecule has 1 aliphatic heterocycles. The zero-order valence-corrected chi connectivity index (χ0v) is 8.56. The van der Waals surface area contributed by atoms with Crippen molar-refractivity contribution in [1.29, 1.82) is 0 Å². The summed E-state index contributed by atoms with van der Waals surface area (Å²) in [7, 11) is 0.721. The van der Waals surface area contributed by atoms with Crippen LogP contribution in [0.25, 0.3) is 0 Å². The number of hydrogen-bond acceptors (Lipinski definition) is 5. The van der Waals surface area contributed by atoms with Gasteiger partial charge in [-0.25, -0.2) is 0 Å². The molecule has 5 nitrogen and oxygen atoms in total. The number of methoxy groups -OCH3 is 1. The second-order valence-electron chi connectivity index (χ2n) is 3.78. The van der Waals surface area contributed by atoms with E-state index in [1.807, 2.05) is 0 Å². The Bertz CT molecular complexity index is 223. The summed E-state index contributed by atoms with van der Waals surface area (Å²) >= 11 is 0. The Labute approximate surface area is 83.8 Å². The van der Waals surface area contributed by atoms with E-state index in [9.17, 15) is 14.9 Å². The number of carbonyl (C=O) groups excluding carboxylic acids is 1. The van der Waals surface area contributed by atoms with Crippen molar-refractivity contribution in [3.63, 3.8) is 0 Å². The van der Waals surface area contributed by atoms with Crippen LogP contribution < -0.4 is 0 Å². The van der Waals surface area contributed by atoms with Gasteiger partial charge in [-0.2, -0.15) is 0 Å². The van der Waals surface area contributed by atoms with E-state index >= 15 is 0 Å². The fraction of sp³-hybridized carbons (Fsp3) is 0.875. The predicted molar refractivity (Wildman–Crippen MR) is 51.6 cm³/mol. The number of ether oxygens (including phenoxy) is 1. The molecule has 0 spiro atoms. The van der Waals surface area contributed by atoms with Crippen LogP contribution >= 0.6 is 0 Å². The molecule has 1 aliphatic rings. The second-order valence-corrected chi connectivity index (χ2v) is 3.78. The molecule has 1 unspecified atom stereocenters. The lowest BCUT2D eigenvalue weighted by atomic mass is 9.84. The molecule has 0 bridgehead atoms. The number of rotatable bonds is 3. The molecule has 1 rings (SSSR count). The number of aliphatic hydroxyl groups is 1. The SMILES string of the molecule is COC(=O)C1(CO)CCN(B(C)O)C1. The fourth-order valence-corrected chi connectivity index (χ4v) is 1.80. The maximum absolute atomic E-state index is 11.4. The summed E-state index contributed by atoms with van der Waals surface area (Å²) in [4.78, 5) is 13.2. The van der Waals surface area contributed by atoms with Gasteiger partial charge in [-0.05, 0) is 19.8 Å². The van der Waals surface area contributed by atoms with Crippen molar-refractivity contribution >= 4 is 13.0 Å². The summed E-state index contributed by atoms with van der Waals surface area (Å²) in [6.07, 6.45) is 0.529. The first-order chi connectivity index (χ1) is 6.55. The molecule has 6 heteroatoms. The number of nitrogens with zero attached hydrogens (tertiary/aromatic N) is 1. The van der Waals surface area contributed by atoms with E-state index in [4.69, 9.17) is 0 Å². The minimum Gasteiger partial charge on any atom is -0.468 e. The zero-order chi connectivity index (χ0) is 10.8. The molecule has 1 atom stereocenters. The molecule has 1 fully saturated rings. The topological polar surface area (TPSA) is 70.0 Å². The van der Waals surface area contributed by atoms with Crippen molar-refractivity contribution in [1.82, 2.24) is 4.81 Å². The van der Waals surface area contributed by atoms with E-state index in [0.29, 0.717) is 19.5 Å². The minimum absolute atomic E-state index is 0.233. The van der Waals surface area contributed by atoms with Gasteiger partial charge in [0.1, 0.15) is 5.41 Å². The Hall–Kier alpha value is -0.585. The summed E-state index contributed by atoms with van der Waals surface area (Å²) in [6.45, 7) is 2.37. The Balaban J connectivity index is 2.71. The number of esters is 1. The molecule has 0 aliphatic carbocycles. The second kappa shape index (κ2) is 4.29. The van der Waals surface area contributed by atoms with Gasteiger partial charge < -0.3 is 19.7 Å². The van der Waals surface area contributed by atoms with Crippen LogP contribution in [0.2, 0.25) is 6.82 Å². The van der Waals surface area contributed by atoms with Gasteiger partial charge in [-0.1, -0.05) is 0 Å². The van der Waals surface area contributed by atoms with E-state index in [2.05, 4.69) is 4.74 Å². The quantitative estimate of drug-likeness (QED) is 0.450. The van der Waals surface area contributed by atoms with E-state index < -0.39 is 18.4 Å². The highest BCUT2D eigenvalue weighted by molar-refractivity contribution is 6.45. The number of aliphatic hydroxyl groups excluding tert-OH is 1. The van der Waals surface area contributed by atoms with E-state index in [-0.39, 0.29) is 6.61 Å². The average molecular weight is 201 g/mol. The van der Waals surface area contributed by atoms with E-state index in [1.165, 1.54) is 7.11 Å². The van der Waals surface area contributed by atoms with Crippen LogP contribution in [0.1, 0.15) is 6.42 Å². The maximum Gasteiger partial charge on any atom is 0.376 e. The van der Waals surface area contributed by atoms with Crippen LogP contribution in [0.4, 0.5) is 0 Å². The normalized spacial score (nSPS) is 27.7. The van der Waals surface area contributed by atoms with Gasteiger partial charge in [0.2, 0.25) is 0 Å². The maximum atomic E-state index is 11.4. The minimum atomic E-state index is -0.842. The molecular formula is C8H16BNO4. The van der Waals surface area contributed by atoms with Gasteiger partial charge in [-0.3, -0.25) is 4.79 Å². The van der Waals surface area contributed by atoms with Crippen LogP contribution in [-0.2, 0) is 9.53 Å². The Morgan fingerprint density at radius 1 is 1.71 bits per heavy atom. The van der Waals surface area contributed by atoms with Crippen molar-refractivity contribution in [2.75, 3.05) is 26.8 Å². The molecule has 0 radical (unpaired) electrons. The fourth-order valence-electron chi connectivity index (χ4n) is 1.80. The molecule has 1 saturated heterocycles. The third kappa shape index (κ3) is 1.92. The largest absolute Gasteiger partial charge is 0.468 e. The summed E-state index contributed by atoms with van der Waals surface area (Å²) in [5, 5.41) is 18.5. The summed E-state index contributed by atoms with van der Waals surface area (Å²) in [6, 6.07) is 0. The van der Waals surface area contributed by atoms with Gasteiger partial charge >= 0.3 is 13.0 Å². The van der Waals surface area contributed by atoms with Crippen LogP contribution in [0.3, 0.4) is 0 Å². The third-order valence-electron chi connectivity index (χ3n) is 2.83. The van der Waals surface area contributed by atoms with Crippen LogP contribution in [-0.4, -0.2) is 54.8 Å². The van der Waals surface area contributed by atoms with Crippen molar-refractivity contribution in [3.8, 4) is 0 Å². The Morgan fingerprint density at radius 2 is 2.36 bits per heavy atom. The first kappa shape index (κ1) is 11.5. The molecule has 2 N–H and O–H groups in total. The standard InChI is InChI=1S/C8H16BNO4/c1-9(13)10-4-3-8(5-10,6-11)7(12)14-2/h11,13H,3-6H2,1-2H3. The lowest BCUT2D eigenvalue weighted by Gasteiger charge is -2.24. The van der Waals surface area contributed by atoms with Crippen LogP contribution in [0, 0.1) is 5.41 Å². The molecule has 0 amide bonds. The number of carbonyl (C=O) groups is 1. The van der Waals surface area contributed by atoms with Crippen molar-refractivity contribution in [2.45, 2.75) is 13.2 Å². The number of hydrogen-bond donors (Lipinski definition) is 2. The smallest absolute Gasteiger partial charge is 0.376 e. The Morgan fingerprint density at radius 3 is 2.71 bits per heavy atom. The highest BCUT2D eigenvalue weighted by Crippen LogP contribution is 2.31. The van der Waals surface area contributed by atoms with E-state index in [0.717, 1.165) is 0 Å². The first-order valence-electron chi connectivity index (χ1n) is 4.67. The van der Waals surface area contributed by atoms with Crippen molar-refractivity contribution in [2.24, 2.45) is 5.41 Å². The molecule has 0 saturated carbocycles. The van der Waals surface area contributed by atoms with Gasteiger partial charge in [0.25, 0.3) is 0 Å². The zero-order valence-electron chi connectivity index (χ0n) is 8.56. The lowest BCUT2D eigenvalue weighted by molar-refractivity contribution is -0.154. The molecular weight excluding hydrogens is 185 g/mol. The molecule has 14 heavy (non-hydrogen) atoms. The monoisotopic (exact) mass is 201 g/mol. The predicted octanol–water partition coefficient (Wildman–Crippen LogP) is -1.05. The summed E-state index contributed by atoms with van der Waals surface area (Å²) in [5.74, 6) is -0.400. The third-order valence-corrected chi connectivity index (χ3v) is 2.83.